The molecule has 1 aromatic heterocycles. The predicted octanol–water partition coefficient (Wildman–Crippen LogP) is 3.73. The van der Waals surface area contributed by atoms with Crippen LogP contribution in [-0.4, -0.2) is 10.9 Å². The third-order valence-electron chi connectivity index (χ3n) is 3.24. The maximum atomic E-state index is 11.2. The van der Waals surface area contributed by atoms with Crippen molar-refractivity contribution < 1.29 is 18.9 Å². The van der Waals surface area contributed by atoms with Crippen molar-refractivity contribution in [1.82, 2.24) is 0 Å². The summed E-state index contributed by atoms with van der Waals surface area (Å²) in [7, 11) is 0. The number of hydrogen-bond donors (Lipinski definition) is 0. The van der Waals surface area contributed by atoms with Gasteiger partial charge in [-0.05, 0) is 6.07 Å². The number of carbonyl (C=O) groups excluding carboxylic acids is 1. The van der Waals surface area contributed by atoms with Gasteiger partial charge in [-0.3, -0.25) is 14.9 Å². The number of esters is 1. The Hall–Kier alpha value is -2.89. The van der Waals surface area contributed by atoms with Crippen LogP contribution in [0.2, 0.25) is 0 Å². The maximum Gasteiger partial charge on any atom is 0.318 e. The van der Waals surface area contributed by atoms with Crippen molar-refractivity contribution in [2.75, 3.05) is 0 Å². The van der Waals surface area contributed by atoms with Crippen LogP contribution in [0, 0.1) is 17.0 Å². The van der Waals surface area contributed by atoms with Crippen LogP contribution in [0.5, 0.6) is 5.75 Å². The number of nitro groups is 1. The predicted molar refractivity (Wildman–Crippen MR) is 76.4 cm³/mol. The van der Waals surface area contributed by atoms with Crippen LogP contribution in [-0.2, 0) is 4.79 Å². The number of furan rings is 1. The van der Waals surface area contributed by atoms with Crippen molar-refractivity contribution >= 4 is 33.4 Å². The lowest BCUT2D eigenvalue weighted by molar-refractivity contribution is -0.384. The average Bonchev–Trinajstić information content (AvgIpc) is 2.75. The normalized spacial score (nSPS) is 11.0. The molecule has 106 valence electrons. The summed E-state index contributed by atoms with van der Waals surface area (Å²) in [5.74, 6) is 0.0250. The van der Waals surface area contributed by atoms with Crippen LogP contribution in [0.4, 0.5) is 5.69 Å². The molecule has 0 radical (unpaired) electrons. The second-order valence-electron chi connectivity index (χ2n) is 4.65. The zero-order chi connectivity index (χ0) is 15.1. The maximum absolute atomic E-state index is 11.2. The molecule has 3 rings (SSSR count). The van der Waals surface area contributed by atoms with Crippen LogP contribution >= 0.6 is 0 Å². The number of rotatable bonds is 2. The molecule has 0 aliphatic carbocycles. The topological polar surface area (TPSA) is 82.6 Å². The van der Waals surface area contributed by atoms with Gasteiger partial charge in [-0.25, -0.2) is 0 Å². The first-order valence-corrected chi connectivity index (χ1v) is 6.26. The summed E-state index contributed by atoms with van der Waals surface area (Å²) in [5, 5.41) is 12.9. The van der Waals surface area contributed by atoms with Crippen molar-refractivity contribution in [3.8, 4) is 5.75 Å². The first kappa shape index (κ1) is 13.1. The number of hydrogen-bond acceptors (Lipinski definition) is 5. The first-order valence-electron chi connectivity index (χ1n) is 6.26. The van der Waals surface area contributed by atoms with Gasteiger partial charge in [0.25, 0.3) is 0 Å². The Morgan fingerprint density at radius 2 is 1.90 bits per heavy atom. The summed E-state index contributed by atoms with van der Waals surface area (Å²) in [6.07, 6.45) is 0. The highest BCUT2D eigenvalue weighted by molar-refractivity contribution is 6.11. The number of aryl methyl sites for hydroxylation is 1. The molecule has 6 heteroatoms. The second kappa shape index (κ2) is 4.59. The van der Waals surface area contributed by atoms with E-state index in [2.05, 4.69) is 0 Å². The Kier molecular flexibility index (Phi) is 2.86. The average molecular weight is 285 g/mol. The first-order chi connectivity index (χ1) is 9.99. The molecule has 0 amide bonds. The van der Waals surface area contributed by atoms with Gasteiger partial charge in [-0.15, -0.1) is 0 Å². The van der Waals surface area contributed by atoms with Crippen LogP contribution < -0.4 is 4.74 Å². The highest BCUT2D eigenvalue weighted by Gasteiger charge is 2.24. The summed E-state index contributed by atoms with van der Waals surface area (Å²) >= 11 is 0. The largest absolute Gasteiger partial charge is 0.453 e. The highest BCUT2D eigenvalue weighted by atomic mass is 16.6. The number of benzene rings is 2. The van der Waals surface area contributed by atoms with Crippen LogP contribution in [0.15, 0.2) is 34.7 Å². The fourth-order valence-electron chi connectivity index (χ4n) is 2.46. The van der Waals surface area contributed by atoms with Gasteiger partial charge in [0.1, 0.15) is 16.7 Å². The van der Waals surface area contributed by atoms with Crippen LogP contribution in [0.3, 0.4) is 0 Å². The van der Waals surface area contributed by atoms with E-state index < -0.39 is 10.9 Å². The minimum absolute atomic E-state index is 0.107. The summed E-state index contributed by atoms with van der Waals surface area (Å²) < 4.78 is 10.7. The van der Waals surface area contributed by atoms with Gasteiger partial charge in [0, 0.05) is 24.6 Å². The van der Waals surface area contributed by atoms with Gasteiger partial charge in [0.2, 0.25) is 0 Å². The summed E-state index contributed by atoms with van der Waals surface area (Å²) in [6.45, 7) is 2.83. The molecule has 0 N–H and O–H groups in total. The molecule has 3 aromatic rings. The molecule has 6 nitrogen and oxygen atoms in total. The fourth-order valence-corrected chi connectivity index (χ4v) is 2.46. The number of carbonyl (C=O) groups is 1. The molecule has 21 heavy (non-hydrogen) atoms. The van der Waals surface area contributed by atoms with Gasteiger partial charge in [0.15, 0.2) is 5.76 Å². The van der Waals surface area contributed by atoms with Crippen LogP contribution in [0.1, 0.15) is 12.7 Å². The van der Waals surface area contributed by atoms with E-state index in [4.69, 9.17) is 9.15 Å². The minimum atomic E-state index is -0.493. The van der Waals surface area contributed by atoms with E-state index in [-0.39, 0.29) is 17.2 Å². The van der Waals surface area contributed by atoms with Crippen molar-refractivity contribution in [2.45, 2.75) is 13.8 Å². The molecule has 0 aliphatic rings. The number of fused-ring (bicyclic) bond motifs is 3. The van der Waals surface area contributed by atoms with Gasteiger partial charge >= 0.3 is 11.7 Å². The van der Waals surface area contributed by atoms with E-state index in [1.165, 1.54) is 13.0 Å². The van der Waals surface area contributed by atoms with Gasteiger partial charge in [0.05, 0.1) is 4.92 Å². The monoisotopic (exact) mass is 285 g/mol. The van der Waals surface area contributed by atoms with E-state index in [0.717, 1.165) is 0 Å². The van der Waals surface area contributed by atoms with Crippen molar-refractivity contribution in [3.05, 3.63) is 46.2 Å². The lowest BCUT2D eigenvalue weighted by Crippen LogP contribution is -2.02. The lowest BCUT2D eigenvalue weighted by atomic mass is 10.1. The number of nitrogens with zero attached hydrogens (tertiary/aromatic N) is 1. The van der Waals surface area contributed by atoms with E-state index in [0.29, 0.717) is 21.7 Å². The van der Waals surface area contributed by atoms with Crippen molar-refractivity contribution in [1.29, 1.82) is 0 Å². The summed E-state index contributed by atoms with van der Waals surface area (Å²) in [5.41, 5.74) is 0.315. The zero-order valence-electron chi connectivity index (χ0n) is 11.4. The third kappa shape index (κ3) is 2.01. The fraction of sp³-hybridized carbons (Fsp3) is 0.133. The van der Waals surface area contributed by atoms with E-state index in [1.807, 2.05) is 0 Å². The minimum Gasteiger partial charge on any atom is -0.453 e. The standard InChI is InChI=1S/C15H11NO5/c1-8-14(16(18)19)12-7-13(21-9(2)17)10-5-3-4-6-11(10)15(12)20-8/h3-7H,1-2H3. The Balaban J connectivity index is 2.47. The Morgan fingerprint density at radius 3 is 2.52 bits per heavy atom. The molecule has 0 aliphatic heterocycles. The molecule has 0 saturated heterocycles. The third-order valence-corrected chi connectivity index (χ3v) is 3.24. The molecule has 1 heterocycles. The molecule has 0 saturated carbocycles. The van der Waals surface area contributed by atoms with E-state index >= 15 is 0 Å². The molecule has 0 atom stereocenters. The highest BCUT2D eigenvalue weighted by Crippen LogP contribution is 2.40. The van der Waals surface area contributed by atoms with E-state index in [9.17, 15) is 14.9 Å². The van der Waals surface area contributed by atoms with Gasteiger partial charge in [-0.2, -0.15) is 0 Å². The Morgan fingerprint density at radius 1 is 1.24 bits per heavy atom. The SMILES string of the molecule is CC(=O)Oc1cc2c([N+](=O)[O-])c(C)oc2c2ccccc12. The molecular formula is C15H11NO5. The Labute approximate surface area is 119 Å². The molecule has 0 spiro atoms. The van der Waals surface area contributed by atoms with Gasteiger partial charge < -0.3 is 9.15 Å². The molecule has 2 aromatic carbocycles. The summed E-state index contributed by atoms with van der Waals surface area (Å²) in [4.78, 5) is 21.9. The van der Waals surface area contributed by atoms with Gasteiger partial charge in [-0.1, -0.05) is 24.3 Å². The second-order valence-corrected chi connectivity index (χ2v) is 4.65. The quantitative estimate of drug-likeness (QED) is 0.310. The molecular weight excluding hydrogens is 274 g/mol. The molecule has 0 unspecified atom stereocenters. The van der Waals surface area contributed by atoms with Crippen LogP contribution in [0.25, 0.3) is 21.7 Å². The lowest BCUT2D eigenvalue weighted by Gasteiger charge is -2.06. The Bertz CT molecular complexity index is 894. The summed E-state index contributed by atoms with van der Waals surface area (Å²) in [6, 6.07) is 8.62. The molecule has 0 fully saturated rings. The zero-order valence-corrected chi connectivity index (χ0v) is 11.4. The van der Waals surface area contributed by atoms with E-state index in [1.54, 1.807) is 31.2 Å². The number of ether oxygens (including phenoxy) is 1. The van der Waals surface area contributed by atoms with Crippen molar-refractivity contribution in [2.24, 2.45) is 0 Å². The smallest absolute Gasteiger partial charge is 0.318 e. The van der Waals surface area contributed by atoms with Crippen molar-refractivity contribution in [3.63, 3.8) is 0 Å². The molecule has 0 bridgehead atoms.